The molecule has 0 bridgehead atoms. The monoisotopic (exact) mass is 241 g/mol. The molecule has 2 aromatic rings. The van der Waals surface area contributed by atoms with Crippen molar-refractivity contribution in [3.63, 3.8) is 0 Å². The van der Waals surface area contributed by atoms with Gasteiger partial charge in [-0.3, -0.25) is 0 Å². The zero-order chi connectivity index (χ0) is 13.0. The fourth-order valence-corrected chi connectivity index (χ4v) is 1.95. The molecule has 0 spiro atoms. The van der Waals surface area contributed by atoms with Crippen LogP contribution in [0.5, 0.6) is 5.75 Å². The zero-order valence-corrected chi connectivity index (χ0v) is 10.6. The van der Waals surface area contributed by atoms with Gasteiger partial charge in [0.1, 0.15) is 5.75 Å². The highest BCUT2D eigenvalue weighted by molar-refractivity contribution is 5.36. The van der Waals surface area contributed by atoms with Gasteiger partial charge in [0.15, 0.2) is 0 Å². The van der Waals surface area contributed by atoms with Gasteiger partial charge in [-0.25, -0.2) is 4.98 Å². The van der Waals surface area contributed by atoms with Crippen LogP contribution in [0.1, 0.15) is 16.8 Å². The number of hydrogen-bond acceptors (Lipinski definition) is 3. The molecule has 4 nitrogen and oxygen atoms in total. The Morgan fingerprint density at radius 3 is 2.94 bits per heavy atom. The van der Waals surface area contributed by atoms with Crippen molar-refractivity contribution in [3.05, 3.63) is 47.5 Å². The van der Waals surface area contributed by atoms with E-state index < -0.39 is 0 Å². The summed E-state index contributed by atoms with van der Waals surface area (Å²) in [6.45, 7) is 2.74. The predicted molar refractivity (Wildman–Crippen MR) is 68.4 cm³/mol. The number of imidazole rings is 1. The molecule has 0 aliphatic rings. The molecule has 4 heteroatoms. The first-order valence-corrected chi connectivity index (χ1v) is 5.74. The van der Waals surface area contributed by atoms with Gasteiger partial charge in [0.05, 0.1) is 31.6 Å². The lowest BCUT2D eigenvalue weighted by atomic mass is 10.1. The lowest BCUT2D eigenvalue weighted by molar-refractivity contribution is 0.411. The summed E-state index contributed by atoms with van der Waals surface area (Å²) in [5.41, 5.74) is 3.22. The Morgan fingerprint density at radius 1 is 1.44 bits per heavy atom. The van der Waals surface area contributed by atoms with E-state index >= 15 is 0 Å². The SMILES string of the molecule is COc1ccc(Cn2cncc2CC#N)cc1C. The lowest BCUT2D eigenvalue weighted by Crippen LogP contribution is -2.03. The number of nitriles is 1. The van der Waals surface area contributed by atoms with Gasteiger partial charge in [-0.05, 0) is 24.1 Å². The molecule has 0 aliphatic carbocycles. The summed E-state index contributed by atoms with van der Waals surface area (Å²) in [5, 5.41) is 8.73. The molecule has 0 N–H and O–H groups in total. The summed E-state index contributed by atoms with van der Waals surface area (Å²) >= 11 is 0. The fraction of sp³-hybridized carbons (Fsp3) is 0.286. The van der Waals surface area contributed by atoms with Crippen LogP contribution < -0.4 is 4.74 Å². The minimum Gasteiger partial charge on any atom is -0.496 e. The second kappa shape index (κ2) is 5.37. The van der Waals surface area contributed by atoms with Crippen molar-refractivity contribution >= 4 is 0 Å². The maximum Gasteiger partial charge on any atom is 0.121 e. The van der Waals surface area contributed by atoms with E-state index in [1.54, 1.807) is 19.6 Å². The molecule has 1 aromatic heterocycles. The maximum absolute atomic E-state index is 8.73. The third-order valence-corrected chi connectivity index (χ3v) is 2.87. The standard InChI is InChI=1S/C14H15N3O/c1-11-7-12(3-4-14(11)18-2)9-17-10-16-8-13(17)5-6-15/h3-4,7-8,10H,5,9H2,1-2H3. The van der Waals surface area contributed by atoms with Crippen LogP contribution in [0.2, 0.25) is 0 Å². The van der Waals surface area contributed by atoms with Crippen LogP contribution >= 0.6 is 0 Å². The third-order valence-electron chi connectivity index (χ3n) is 2.87. The summed E-state index contributed by atoms with van der Waals surface area (Å²) in [7, 11) is 1.67. The Hall–Kier alpha value is -2.28. The minimum atomic E-state index is 0.384. The van der Waals surface area contributed by atoms with E-state index in [4.69, 9.17) is 10.00 Å². The number of aryl methyl sites for hydroxylation is 1. The first-order chi connectivity index (χ1) is 8.74. The average molecular weight is 241 g/mol. The Labute approximate surface area is 106 Å². The quantitative estimate of drug-likeness (QED) is 0.825. The van der Waals surface area contributed by atoms with Crippen LogP contribution in [0.15, 0.2) is 30.7 Å². The van der Waals surface area contributed by atoms with Crippen molar-refractivity contribution in [1.29, 1.82) is 5.26 Å². The molecule has 92 valence electrons. The Bertz CT molecular complexity index is 581. The van der Waals surface area contributed by atoms with E-state index in [0.29, 0.717) is 6.42 Å². The summed E-state index contributed by atoms with van der Waals surface area (Å²) < 4.78 is 7.23. The molecule has 0 fully saturated rings. The van der Waals surface area contributed by atoms with Gasteiger partial charge in [-0.2, -0.15) is 5.26 Å². The van der Waals surface area contributed by atoms with Crippen LogP contribution in [0, 0.1) is 18.3 Å². The van der Waals surface area contributed by atoms with Gasteiger partial charge >= 0.3 is 0 Å². The van der Waals surface area contributed by atoms with Crippen molar-refractivity contribution in [3.8, 4) is 11.8 Å². The normalized spacial score (nSPS) is 10.1. The van der Waals surface area contributed by atoms with E-state index in [1.807, 2.05) is 23.6 Å². The van der Waals surface area contributed by atoms with E-state index in [1.165, 1.54) is 5.56 Å². The molecular formula is C14H15N3O. The number of aromatic nitrogens is 2. The van der Waals surface area contributed by atoms with E-state index in [2.05, 4.69) is 17.1 Å². The Morgan fingerprint density at radius 2 is 2.28 bits per heavy atom. The molecule has 1 heterocycles. The summed E-state index contributed by atoms with van der Waals surface area (Å²) in [5.74, 6) is 0.890. The predicted octanol–water partition coefficient (Wildman–Crippen LogP) is 2.31. The highest BCUT2D eigenvalue weighted by Gasteiger charge is 2.04. The van der Waals surface area contributed by atoms with Crippen LogP contribution in [-0.2, 0) is 13.0 Å². The second-order valence-corrected chi connectivity index (χ2v) is 4.15. The Balaban J connectivity index is 2.21. The van der Waals surface area contributed by atoms with Crippen LogP contribution in [-0.4, -0.2) is 16.7 Å². The van der Waals surface area contributed by atoms with E-state index in [0.717, 1.165) is 23.6 Å². The largest absolute Gasteiger partial charge is 0.496 e. The number of methoxy groups -OCH3 is 1. The van der Waals surface area contributed by atoms with Crippen molar-refractivity contribution in [2.75, 3.05) is 7.11 Å². The summed E-state index contributed by atoms with van der Waals surface area (Å²) in [4.78, 5) is 4.08. The molecule has 0 aliphatic heterocycles. The van der Waals surface area contributed by atoms with Gasteiger partial charge in [0.2, 0.25) is 0 Å². The number of hydrogen-bond donors (Lipinski definition) is 0. The maximum atomic E-state index is 8.73. The zero-order valence-electron chi connectivity index (χ0n) is 10.6. The lowest BCUT2D eigenvalue weighted by Gasteiger charge is -2.09. The van der Waals surface area contributed by atoms with Crippen LogP contribution in [0.25, 0.3) is 0 Å². The van der Waals surface area contributed by atoms with Crippen molar-refractivity contribution in [2.45, 2.75) is 19.9 Å². The minimum absolute atomic E-state index is 0.384. The number of nitrogens with zero attached hydrogens (tertiary/aromatic N) is 3. The second-order valence-electron chi connectivity index (χ2n) is 4.15. The smallest absolute Gasteiger partial charge is 0.121 e. The number of benzene rings is 1. The fourth-order valence-electron chi connectivity index (χ4n) is 1.95. The first kappa shape index (κ1) is 12.2. The van der Waals surface area contributed by atoms with E-state index in [-0.39, 0.29) is 0 Å². The summed E-state index contributed by atoms with van der Waals surface area (Å²) in [6, 6.07) is 8.23. The van der Waals surface area contributed by atoms with E-state index in [9.17, 15) is 0 Å². The topological polar surface area (TPSA) is 50.8 Å². The Kier molecular flexibility index (Phi) is 3.63. The van der Waals surface area contributed by atoms with Gasteiger partial charge in [0, 0.05) is 12.7 Å². The molecule has 18 heavy (non-hydrogen) atoms. The van der Waals surface area contributed by atoms with Gasteiger partial charge < -0.3 is 9.30 Å². The average Bonchev–Trinajstić information content (AvgIpc) is 2.78. The third kappa shape index (κ3) is 2.51. The van der Waals surface area contributed by atoms with Gasteiger partial charge in [0.25, 0.3) is 0 Å². The van der Waals surface area contributed by atoms with Crippen LogP contribution in [0.3, 0.4) is 0 Å². The number of rotatable bonds is 4. The van der Waals surface area contributed by atoms with Crippen molar-refractivity contribution in [2.24, 2.45) is 0 Å². The summed E-state index contributed by atoms with van der Waals surface area (Å²) in [6.07, 6.45) is 3.88. The molecule has 1 aromatic carbocycles. The van der Waals surface area contributed by atoms with Gasteiger partial charge in [-0.1, -0.05) is 12.1 Å². The molecule has 0 unspecified atom stereocenters. The highest BCUT2D eigenvalue weighted by Crippen LogP contribution is 2.19. The number of ether oxygens (including phenoxy) is 1. The molecule has 0 atom stereocenters. The molecule has 0 saturated heterocycles. The van der Waals surface area contributed by atoms with Gasteiger partial charge in [-0.15, -0.1) is 0 Å². The molecule has 0 amide bonds. The molecular weight excluding hydrogens is 226 g/mol. The first-order valence-electron chi connectivity index (χ1n) is 5.74. The van der Waals surface area contributed by atoms with Crippen molar-refractivity contribution in [1.82, 2.24) is 9.55 Å². The van der Waals surface area contributed by atoms with Crippen LogP contribution in [0.4, 0.5) is 0 Å². The molecule has 2 rings (SSSR count). The highest BCUT2D eigenvalue weighted by atomic mass is 16.5. The molecule has 0 saturated carbocycles. The molecule has 0 radical (unpaired) electrons. The van der Waals surface area contributed by atoms with Crippen molar-refractivity contribution < 1.29 is 4.74 Å².